The van der Waals surface area contributed by atoms with Gasteiger partial charge in [-0.3, -0.25) is 4.98 Å². The van der Waals surface area contributed by atoms with Gasteiger partial charge in [-0.05, 0) is 36.8 Å². The van der Waals surface area contributed by atoms with E-state index in [9.17, 15) is 5.11 Å². The number of hydrogen-bond donors (Lipinski definition) is 1. The molecule has 21 heavy (non-hydrogen) atoms. The molecule has 0 saturated heterocycles. The van der Waals surface area contributed by atoms with Gasteiger partial charge in [-0.1, -0.05) is 17.7 Å². The number of aryl methyl sites for hydroxylation is 1. The fourth-order valence-corrected chi connectivity index (χ4v) is 2.48. The maximum Gasteiger partial charge on any atom is 0.141 e. The van der Waals surface area contributed by atoms with Gasteiger partial charge in [0.2, 0.25) is 0 Å². The Kier molecular flexibility index (Phi) is 3.62. The first-order valence-electron chi connectivity index (χ1n) is 6.55. The van der Waals surface area contributed by atoms with Gasteiger partial charge >= 0.3 is 0 Å². The summed E-state index contributed by atoms with van der Waals surface area (Å²) in [6, 6.07) is 9.17. The van der Waals surface area contributed by atoms with E-state index in [0.717, 1.165) is 17.1 Å². The second-order valence-corrected chi connectivity index (χ2v) is 5.20. The number of nitrogens with zero attached hydrogens (tertiary/aromatic N) is 3. The van der Waals surface area contributed by atoms with Crippen molar-refractivity contribution in [2.24, 2.45) is 0 Å². The van der Waals surface area contributed by atoms with Crippen LogP contribution >= 0.6 is 11.6 Å². The molecule has 106 valence electrons. The minimum atomic E-state index is 0.0588. The molecule has 2 heterocycles. The molecule has 1 N–H and O–H groups in total. The van der Waals surface area contributed by atoms with E-state index in [1.165, 1.54) is 0 Å². The number of pyridine rings is 1. The van der Waals surface area contributed by atoms with E-state index < -0.39 is 0 Å². The molecule has 3 aromatic rings. The van der Waals surface area contributed by atoms with Crippen molar-refractivity contribution in [2.45, 2.75) is 13.5 Å². The summed E-state index contributed by atoms with van der Waals surface area (Å²) in [5, 5.41) is 10.1. The zero-order valence-electron chi connectivity index (χ0n) is 11.5. The molecule has 5 heteroatoms. The molecule has 0 fully saturated rings. The van der Waals surface area contributed by atoms with Crippen LogP contribution in [0.2, 0.25) is 5.02 Å². The molecule has 0 aliphatic heterocycles. The lowest BCUT2D eigenvalue weighted by Crippen LogP contribution is -2.02. The standard InChI is InChI=1S/C16H14ClN3O/c1-11-9-12(5-6-18-11)10-20-8-7-19-16(20)13-3-2-4-14(21)15(13)17/h2-9,21H,10H2,1H3. The van der Waals surface area contributed by atoms with Gasteiger partial charge in [-0.2, -0.15) is 0 Å². The number of hydrogen-bond acceptors (Lipinski definition) is 3. The molecule has 0 unspecified atom stereocenters. The average molecular weight is 300 g/mol. The quantitative estimate of drug-likeness (QED) is 0.803. The van der Waals surface area contributed by atoms with Crippen LogP contribution in [0.4, 0.5) is 0 Å². The van der Waals surface area contributed by atoms with Crippen LogP contribution in [0.25, 0.3) is 11.4 Å². The number of benzene rings is 1. The Hall–Kier alpha value is -2.33. The fraction of sp³-hybridized carbons (Fsp3) is 0.125. The van der Waals surface area contributed by atoms with Crippen LogP contribution in [-0.4, -0.2) is 19.6 Å². The number of rotatable bonds is 3. The molecule has 4 nitrogen and oxygen atoms in total. The van der Waals surface area contributed by atoms with Crippen molar-refractivity contribution in [1.82, 2.24) is 14.5 Å². The molecule has 0 saturated carbocycles. The third kappa shape index (κ3) is 2.76. The summed E-state index contributed by atoms with van der Waals surface area (Å²) in [4.78, 5) is 8.56. The Morgan fingerprint density at radius 2 is 2.05 bits per heavy atom. The largest absolute Gasteiger partial charge is 0.506 e. The summed E-state index contributed by atoms with van der Waals surface area (Å²) in [5.74, 6) is 0.786. The van der Waals surface area contributed by atoms with Crippen LogP contribution in [0.5, 0.6) is 5.75 Å². The lowest BCUT2D eigenvalue weighted by Gasteiger charge is -2.10. The van der Waals surface area contributed by atoms with Crippen molar-refractivity contribution in [3.05, 3.63) is 65.2 Å². The minimum absolute atomic E-state index is 0.0588. The Bertz CT molecular complexity index is 783. The molecule has 0 amide bonds. The maximum absolute atomic E-state index is 9.74. The molecular formula is C16H14ClN3O. The third-order valence-electron chi connectivity index (χ3n) is 3.25. The lowest BCUT2D eigenvalue weighted by atomic mass is 10.2. The van der Waals surface area contributed by atoms with Crippen LogP contribution in [0.3, 0.4) is 0 Å². The molecule has 2 aromatic heterocycles. The van der Waals surface area contributed by atoms with Gasteiger partial charge in [0.25, 0.3) is 0 Å². The van der Waals surface area contributed by atoms with Crippen molar-refractivity contribution in [3.63, 3.8) is 0 Å². The van der Waals surface area contributed by atoms with Crippen LogP contribution < -0.4 is 0 Å². The summed E-state index contributed by atoms with van der Waals surface area (Å²) >= 11 is 6.17. The molecule has 1 aromatic carbocycles. The van der Waals surface area contributed by atoms with Crippen LogP contribution in [0, 0.1) is 6.92 Å². The summed E-state index contributed by atoms with van der Waals surface area (Å²) in [6.45, 7) is 2.63. The zero-order valence-corrected chi connectivity index (χ0v) is 12.2. The topological polar surface area (TPSA) is 50.9 Å². The predicted octanol–water partition coefficient (Wildman–Crippen LogP) is 3.66. The van der Waals surface area contributed by atoms with Crippen molar-refractivity contribution in [3.8, 4) is 17.1 Å². The molecule has 0 aliphatic carbocycles. The molecule has 0 spiro atoms. The molecule has 0 radical (unpaired) electrons. The number of imidazole rings is 1. The second-order valence-electron chi connectivity index (χ2n) is 4.82. The van der Waals surface area contributed by atoms with Crippen molar-refractivity contribution < 1.29 is 5.11 Å². The van der Waals surface area contributed by atoms with Gasteiger partial charge in [-0.15, -0.1) is 0 Å². The van der Waals surface area contributed by atoms with Gasteiger partial charge in [0, 0.05) is 36.4 Å². The first-order valence-corrected chi connectivity index (χ1v) is 6.93. The Balaban J connectivity index is 2.00. The zero-order chi connectivity index (χ0) is 14.8. The van der Waals surface area contributed by atoms with E-state index in [-0.39, 0.29) is 5.75 Å². The second kappa shape index (κ2) is 5.58. The number of phenolic OH excluding ortho intramolecular Hbond substituents is 1. The summed E-state index contributed by atoms with van der Waals surface area (Å²) in [6.07, 6.45) is 5.41. The van der Waals surface area contributed by atoms with E-state index in [4.69, 9.17) is 11.6 Å². The predicted molar refractivity (Wildman–Crippen MR) is 82.4 cm³/mol. The number of aromatic hydroxyl groups is 1. The highest BCUT2D eigenvalue weighted by molar-refractivity contribution is 6.34. The smallest absolute Gasteiger partial charge is 0.141 e. The highest BCUT2D eigenvalue weighted by Gasteiger charge is 2.12. The normalized spacial score (nSPS) is 10.8. The van der Waals surface area contributed by atoms with Crippen molar-refractivity contribution in [1.29, 1.82) is 0 Å². The Labute approximate surface area is 127 Å². The maximum atomic E-state index is 9.74. The minimum Gasteiger partial charge on any atom is -0.506 e. The van der Waals surface area contributed by atoms with Gasteiger partial charge in [0.15, 0.2) is 0 Å². The SMILES string of the molecule is Cc1cc(Cn2ccnc2-c2cccc(O)c2Cl)ccn1. The summed E-state index contributed by atoms with van der Waals surface area (Å²) in [5.41, 5.74) is 2.83. The van der Waals surface area contributed by atoms with E-state index in [2.05, 4.69) is 9.97 Å². The van der Waals surface area contributed by atoms with Gasteiger partial charge in [-0.25, -0.2) is 4.98 Å². The molecule has 0 atom stereocenters. The van der Waals surface area contributed by atoms with E-state index >= 15 is 0 Å². The van der Waals surface area contributed by atoms with Crippen molar-refractivity contribution >= 4 is 11.6 Å². The molecule has 0 aliphatic rings. The first kappa shape index (κ1) is 13.6. The van der Waals surface area contributed by atoms with E-state index in [0.29, 0.717) is 17.1 Å². The van der Waals surface area contributed by atoms with E-state index in [1.54, 1.807) is 24.5 Å². The van der Waals surface area contributed by atoms with Crippen molar-refractivity contribution in [2.75, 3.05) is 0 Å². The monoisotopic (exact) mass is 299 g/mol. The van der Waals surface area contributed by atoms with Gasteiger partial charge in [0.05, 0.1) is 5.02 Å². The van der Waals surface area contributed by atoms with Crippen LogP contribution in [-0.2, 0) is 6.54 Å². The number of halogens is 1. The molecular weight excluding hydrogens is 286 g/mol. The van der Waals surface area contributed by atoms with Gasteiger partial charge < -0.3 is 9.67 Å². The molecule has 3 rings (SSSR count). The van der Waals surface area contributed by atoms with E-state index in [1.807, 2.05) is 35.9 Å². The fourth-order valence-electron chi connectivity index (χ4n) is 2.27. The number of aromatic nitrogens is 3. The first-order chi connectivity index (χ1) is 10.1. The van der Waals surface area contributed by atoms with Crippen LogP contribution in [0.15, 0.2) is 48.9 Å². The van der Waals surface area contributed by atoms with Crippen LogP contribution in [0.1, 0.15) is 11.3 Å². The number of phenols is 1. The lowest BCUT2D eigenvalue weighted by molar-refractivity contribution is 0.476. The summed E-state index contributed by atoms with van der Waals surface area (Å²) in [7, 11) is 0. The average Bonchev–Trinajstić information content (AvgIpc) is 2.90. The summed E-state index contributed by atoms with van der Waals surface area (Å²) < 4.78 is 2.00. The Morgan fingerprint density at radius 3 is 2.86 bits per heavy atom. The Morgan fingerprint density at radius 1 is 1.19 bits per heavy atom. The van der Waals surface area contributed by atoms with Gasteiger partial charge in [0.1, 0.15) is 11.6 Å². The highest BCUT2D eigenvalue weighted by atomic mass is 35.5. The third-order valence-corrected chi connectivity index (χ3v) is 3.65. The highest BCUT2D eigenvalue weighted by Crippen LogP contribution is 2.33. The molecule has 0 bridgehead atoms.